The molecule has 1 saturated carbocycles. The molecule has 0 amide bonds. The number of carbonyl (C=O) groups is 1. The topological polar surface area (TPSA) is 26.3 Å². The van der Waals surface area contributed by atoms with E-state index in [9.17, 15) is 4.79 Å². The molecule has 0 aromatic heterocycles. The van der Waals surface area contributed by atoms with E-state index in [4.69, 9.17) is 4.74 Å². The van der Waals surface area contributed by atoms with E-state index >= 15 is 0 Å². The fourth-order valence-corrected chi connectivity index (χ4v) is 2.18. The average Bonchev–Trinajstić information content (AvgIpc) is 3.26. The van der Waals surface area contributed by atoms with Crippen LogP contribution >= 0.6 is 0 Å². The van der Waals surface area contributed by atoms with Crippen molar-refractivity contribution in [3.63, 3.8) is 0 Å². The van der Waals surface area contributed by atoms with Crippen LogP contribution in [0.4, 0.5) is 0 Å². The Balaban J connectivity index is 1.68. The van der Waals surface area contributed by atoms with Gasteiger partial charge in [0.1, 0.15) is 5.75 Å². The van der Waals surface area contributed by atoms with Gasteiger partial charge in [-0.3, -0.25) is 4.79 Å². The van der Waals surface area contributed by atoms with Crippen LogP contribution in [0.5, 0.6) is 5.75 Å². The van der Waals surface area contributed by atoms with Crippen molar-refractivity contribution in [3.8, 4) is 5.75 Å². The summed E-state index contributed by atoms with van der Waals surface area (Å²) >= 11 is 0. The van der Waals surface area contributed by atoms with Gasteiger partial charge in [-0.1, -0.05) is 24.3 Å². The van der Waals surface area contributed by atoms with Gasteiger partial charge >= 0.3 is 0 Å². The molecule has 0 aliphatic heterocycles. The van der Waals surface area contributed by atoms with Crippen LogP contribution in [0.2, 0.25) is 0 Å². The van der Waals surface area contributed by atoms with Gasteiger partial charge in [0.2, 0.25) is 0 Å². The lowest BCUT2D eigenvalue weighted by Gasteiger charge is -2.07. The van der Waals surface area contributed by atoms with Crippen molar-refractivity contribution in [3.05, 3.63) is 65.2 Å². The van der Waals surface area contributed by atoms with Crippen LogP contribution in [0.3, 0.4) is 0 Å². The summed E-state index contributed by atoms with van der Waals surface area (Å²) in [5, 5.41) is 0. The van der Waals surface area contributed by atoms with Crippen molar-refractivity contribution in [2.24, 2.45) is 0 Å². The first-order valence-electron chi connectivity index (χ1n) is 7.07. The molecule has 2 heteroatoms. The Morgan fingerprint density at radius 1 is 1.10 bits per heavy atom. The summed E-state index contributed by atoms with van der Waals surface area (Å²) in [5.74, 6) is 1.01. The molecule has 102 valence electrons. The fourth-order valence-electron chi connectivity index (χ4n) is 2.18. The van der Waals surface area contributed by atoms with E-state index in [1.807, 2.05) is 55.5 Å². The maximum atomic E-state index is 12.3. The minimum atomic E-state index is 0.150. The lowest BCUT2D eigenvalue weighted by molar-refractivity contribution is 0.0992. The van der Waals surface area contributed by atoms with Crippen LogP contribution in [0.15, 0.2) is 48.5 Å². The number of rotatable bonds is 5. The molecule has 0 radical (unpaired) electrons. The van der Waals surface area contributed by atoms with Crippen LogP contribution in [0.25, 0.3) is 0 Å². The standard InChI is InChI=1S/C18H18O2/c1-13-4-2-3-5-15(13)12-18(19)14-6-8-16(9-7-14)20-17-10-11-17/h2-9,17H,10-12H2,1H3. The molecule has 2 aromatic carbocycles. The largest absolute Gasteiger partial charge is 0.490 e. The van der Waals surface area contributed by atoms with Crippen LogP contribution in [0.1, 0.15) is 34.3 Å². The number of carbonyl (C=O) groups excluding carboxylic acids is 1. The normalized spacial score (nSPS) is 14.1. The molecule has 0 saturated heterocycles. The van der Waals surface area contributed by atoms with Crippen molar-refractivity contribution >= 4 is 5.78 Å². The smallest absolute Gasteiger partial charge is 0.167 e. The molecular formula is C18H18O2. The van der Waals surface area contributed by atoms with Crippen molar-refractivity contribution in [2.45, 2.75) is 32.3 Å². The zero-order valence-electron chi connectivity index (χ0n) is 11.6. The molecule has 1 aliphatic carbocycles. The van der Waals surface area contributed by atoms with Crippen LogP contribution < -0.4 is 4.74 Å². The van der Waals surface area contributed by atoms with Crippen LogP contribution in [-0.2, 0) is 6.42 Å². The highest BCUT2D eigenvalue weighted by molar-refractivity contribution is 5.97. The van der Waals surface area contributed by atoms with Gasteiger partial charge in [0, 0.05) is 12.0 Å². The Morgan fingerprint density at radius 2 is 1.80 bits per heavy atom. The lowest BCUT2D eigenvalue weighted by atomic mass is 9.99. The fraction of sp³-hybridized carbons (Fsp3) is 0.278. The van der Waals surface area contributed by atoms with Crippen molar-refractivity contribution in [1.29, 1.82) is 0 Å². The second kappa shape index (κ2) is 5.49. The van der Waals surface area contributed by atoms with E-state index in [1.54, 1.807) is 0 Å². The Hall–Kier alpha value is -2.09. The predicted octanol–water partition coefficient (Wildman–Crippen LogP) is 3.96. The van der Waals surface area contributed by atoms with Gasteiger partial charge in [-0.2, -0.15) is 0 Å². The summed E-state index contributed by atoms with van der Waals surface area (Å²) in [7, 11) is 0. The number of hydrogen-bond acceptors (Lipinski definition) is 2. The third kappa shape index (κ3) is 3.08. The molecular weight excluding hydrogens is 248 g/mol. The summed E-state index contributed by atoms with van der Waals surface area (Å²) in [6.07, 6.45) is 3.14. The van der Waals surface area contributed by atoms with E-state index in [0.717, 1.165) is 35.3 Å². The van der Waals surface area contributed by atoms with E-state index < -0.39 is 0 Å². The SMILES string of the molecule is Cc1ccccc1CC(=O)c1ccc(OC2CC2)cc1. The highest BCUT2D eigenvalue weighted by Gasteiger charge is 2.23. The molecule has 0 bridgehead atoms. The first-order chi connectivity index (χ1) is 9.72. The van der Waals surface area contributed by atoms with Crippen LogP contribution in [-0.4, -0.2) is 11.9 Å². The molecule has 0 atom stereocenters. The summed E-state index contributed by atoms with van der Waals surface area (Å²) in [6.45, 7) is 2.04. The summed E-state index contributed by atoms with van der Waals surface area (Å²) in [6, 6.07) is 15.5. The molecule has 0 heterocycles. The van der Waals surface area contributed by atoms with Crippen molar-refractivity contribution < 1.29 is 9.53 Å². The quantitative estimate of drug-likeness (QED) is 0.766. The lowest BCUT2D eigenvalue weighted by Crippen LogP contribution is -2.05. The van der Waals surface area contributed by atoms with Gasteiger partial charge in [-0.15, -0.1) is 0 Å². The monoisotopic (exact) mass is 266 g/mol. The second-order valence-electron chi connectivity index (χ2n) is 5.37. The molecule has 20 heavy (non-hydrogen) atoms. The van der Waals surface area contributed by atoms with E-state index in [2.05, 4.69) is 0 Å². The number of benzene rings is 2. The molecule has 1 aliphatic rings. The zero-order valence-corrected chi connectivity index (χ0v) is 11.6. The third-order valence-electron chi connectivity index (χ3n) is 3.62. The maximum Gasteiger partial charge on any atom is 0.167 e. The van der Waals surface area contributed by atoms with E-state index in [1.165, 1.54) is 0 Å². The number of Topliss-reactive ketones (excluding diaryl/α,β-unsaturated/α-hetero) is 1. The number of aryl methyl sites for hydroxylation is 1. The Bertz CT molecular complexity index is 610. The molecule has 2 nitrogen and oxygen atoms in total. The van der Waals surface area contributed by atoms with Gasteiger partial charge in [0.25, 0.3) is 0 Å². The first kappa shape index (κ1) is 12.9. The molecule has 2 aromatic rings. The highest BCUT2D eigenvalue weighted by atomic mass is 16.5. The summed E-state index contributed by atoms with van der Waals surface area (Å²) in [4.78, 5) is 12.3. The predicted molar refractivity (Wildman–Crippen MR) is 79.3 cm³/mol. The zero-order chi connectivity index (χ0) is 13.9. The summed E-state index contributed by atoms with van der Waals surface area (Å²) in [5.41, 5.74) is 3.00. The average molecular weight is 266 g/mol. The van der Waals surface area contributed by atoms with Gasteiger partial charge < -0.3 is 4.74 Å². The third-order valence-corrected chi connectivity index (χ3v) is 3.62. The Kier molecular flexibility index (Phi) is 3.55. The van der Waals surface area contributed by atoms with E-state index in [-0.39, 0.29) is 5.78 Å². The minimum absolute atomic E-state index is 0.150. The second-order valence-corrected chi connectivity index (χ2v) is 5.37. The number of hydrogen-bond donors (Lipinski definition) is 0. The van der Waals surface area contributed by atoms with E-state index in [0.29, 0.717) is 12.5 Å². The van der Waals surface area contributed by atoms with Gasteiger partial charge in [-0.05, 0) is 55.2 Å². The minimum Gasteiger partial charge on any atom is -0.490 e. The van der Waals surface area contributed by atoms with Gasteiger partial charge in [0.15, 0.2) is 5.78 Å². The molecule has 0 N–H and O–H groups in total. The van der Waals surface area contributed by atoms with Crippen molar-refractivity contribution in [1.82, 2.24) is 0 Å². The molecule has 0 spiro atoms. The molecule has 3 rings (SSSR count). The highest BCUT2D eigenvalue weighted by Crippen LogP contribution is 2.26. The van der Waals surface area contributed by atoms with Gasteiger partial charge in [-0.25, -0.2) is 0 Å². The number of ether oxygens (including phenoxy) is 1. The van der Waals surface area contributed by atoms with Gasteiger partial charge in [0.05, 0.1) is 6.10 Å². The number of ketones is 1. The summed E-state index contributed by atoms with van der Waals surface area (Å²) < 4.78 is 5.69. The Labute approximate surface area is 119 Å². The van der Waals surface area contributed by atoms with Crippen molar-refractivity contribution in [2.75, 3.05) is 0 Å². The maximum absolute atomic E-state index is 12.3. The van der Waals surface area contributed by atoms with Crippen LogP contribution in [0, 0.1) is 6.92 Å². The molecule has 0 unspecified atom stereocenters. The molecule has 1 fully saturated rings. The first-order valence-corrected chi connectivity index (χ1v) is 7.07. The Morgan fingerprint density at radius 3 is 2.45 bits per heavy atom.